The van der Waals surface area contributed by atoms with Crippen LogP contribution in [0.1, 0.15) is 0 Å². The third-order valence-corrected chi connectivity index (χ3v) is 10.5. The number of nitrogens with zero attached hydrogens (tertiary/aromatic N) is 5. The maximum atomic E-state index is 6.96. The van der Waals surface area contributed by atoms with Gasteiger partial charge in [-0.05, 0) is 29.8 Å². The molecule has 0 fully saturated rings. The Labute approximate surface area is 327 Å². The summed E-state index contributed by atoms with van der Waals surface area (Å²) >= 11 is 0. The average molecular weight is 730 g/mol. The lowest BCUT2D eigenvalue weighted by atomic mass is 9.99. The standard InChI is InChI=1S/C51H31N5O/c1-5-14-32(15-6-1)39-22-13-23-40-41-30-38(44-29-27-35-25-24-34-26-28-43(33-16-7-2-8-17-33)52-45(34)46(35)53-44)31-42(48(41)57-47(39)40)51-55-49(36-18-9-3-10-19-36)54-50(56-51)37-20-11-4-12-21-37/h1-31H. The highest BCUT2D eigenvalue weighted by atomic mass is 16.3. The third kappa shape index (κ3) is 5.79. The number of fused-ring (bicyclic) bond motifs is 6. The molecule has 6 nitrogen and oxygen atoms in total. The molecule has 0 aliphatic carbocycles. The Morgan fingerprint density at radius 1 is 0.298 bits per heavy atom. The molecule has 266 valence electrons. The van der Waals surface area contributed by atoms with Gasteiger partial charge >= 0.3 is 0 Å². The summed E-state index contributed by atoms with van der Waals surface area (Å²) in [5.41, 5.74) is 11.5. The third-order valence-electron chi connectivity index (χ3n) is 10.5. The number of furan rings is 1. The number of para-hydroxylation sites is 1. The van der Waals surface area contributed by atoms with E-state index in [4.69, 9.17) is 29.3 Å². The lowest BCUT2D eigenvalue weighted by Crippen LogP contribution is -2.00. The van der Waals surface area contributed by atoms with E-state index in [-0.39, 0.29) is 0 Å². The maximum absolute atomic E-state index is 6.96. The van der Waals surface area contributed by atoms with Gasteiger partial charge in [-0.1, -0.05) is 164 Å². The first kappa shape index (κ1) is 32.6. The molecule has 0 atom stereocenters. The molecule has 4 aromatic heterocycles. The minimum atomic E-state index is 0.510. The molecule has 4 heterocycles. The number of aromatic nitrogens is 5. The van der Waals surface area contributed by atoms with Gasteiger partial charge in [0.05, 0.1) is 28.0 Å². The van der Waals surface area contributed by atoms with E-state index >= 15 is 0 Å². The van der Waals surface area contributed by atoms with E-state index < -0.39 is 0 Å². The molecule has 0 unspecified atom stereocenters. The fourth-order valence-corrected chi connectivity index (χ4v) is 7.69. The highest BCUT2D eigenvalue weighted by Gasteiger charge is 2.22. The van der Waals surface area contributed by atoms with Gasteiger partial charge in [0.2, 0.25) is 0 Å². The quantitative estimate of drug-likeness (QED) is 0.159. The van der Waals surface area contributed by atoms with Crippen LogP contribution in [-0.4, -0.2) is 24.9 Å². The molecular weight excluding hydrogens is 699 g/mol. The number of pyridine rings is 2. The average Bonchev–Trinajstić information content (AvgIpc) is 3.68. The second-order valence-corrected chi connectivity index (χ2v) is 14.1. The second kappa shape index (κ2) is 13.5. The molecule has 0 bridgehead atoms. The van der Waals surface area contributed by atoms with E-state index in [0.29, 0.717) is 23.1 Å². The van der Waals surface area contributed by atoms with Crippen LogP contribution in [0.15, 0.2) is 192 Å². The van der Waals surface area contributed by atoms with Crippen molar-refractivity contribution in [2.24, 2.45) is 0 Å². The first-order valence-electron chi connectivity index (χ1n) is 18.9. The minimum absolute atomic E-state index is 0.510. The Morgan fingerprint density at radius 3 is 1.35 bits per heavy atom. The second-order valence-electron chi connectivity index (χ2n) is 14.1. The molecule has 0 saturated carbocycles. The van der Waals surface area contributed by atoms with Gasteiger partial charge in [0.1, 0.15) is 11.2 Å². The summed E-state index contributed by atoms with van der Waals surface area (Å²) in [5, 5.41) is 3.99. The van der Waals surface area contributed by atoms with E-state index in [2.05, 4.69) is 91.0 Å². The van der Waals surface area contributed by atoms with Crippen LogP contribution in [0.2, 0.25) is 0 Å². The number of hydrogen-bond acceptors (Lipinski definition) is 6. The van der Waals surface area contributed by atoms with Crippen LogP contribution in [0, 0.1) is 0 Å². The fourth-order valence-electron chi connectivity index (χ4n) is 7.69. The summed E-state index contributed by atoms with van der Waals surface area (Å²) in [6.07, 6.45) is 0. The molecule has 0 spiro atoms. The smallest absolute Gasteiger partial charge is 0.167 e. The summed E-state index contributed by atoms with van der Waals surface area (Å²) in [6.45, 7) is 0. The molecule has 0 aliphatic rings. The van der Waals surface area contributed by atoms with Crippen LogP contribution in [-0.2, 0) is 0 Å². The monoisotopic (exact) mass is 729 g/mol. The summed E-state index contributed by atoms with van der Waals surface area (Å²) in [7, 11) is 0. The molecule has 57 heavy (non-hydrogen) atoms. The van der Waals surface area contributed by atoms with Crippen molar-refractivity contribution >= 4 is 43.7 Å². The van der Waals surface area contributed by atoms with Crippen LogP contribution in [0.4, 0.5) is 0 Å². The first-order valence-corrected chi connectivity index (χ1v) is 18.9. The van der Waals surface area contributed by atoms with Crippen LogP contribution >= 0.6 is 0 Å². The first-order chi connectivity index (χ1) is 28.2. The molecule has 0 aliphatic heterocycles. The van der Waals surface area contributed by atoms with Crippen molar-refractivity contribution in [3.05, 3.63) is 188 Å². The van der Waals surface area contributed by atoms with E-state index in [0.717, 1.165) is 88.5 Å². The van der Waals surface area contributed by atoms with Gasteiger partial charge in [0, 0.05) is 49.4 Å². The number of benzene rings is 7. The fraction of sp³-hybridized carbons (Fsp3) is 0. The zero-order valence-electron chi connectivity index (χ0n) is 30.5. The van der Waals surface area contributed by atoms with Gasteiger partial charge in [-0.3, -0.25) is 0 Å². The summed E-state index contributed by atoms with van der Waals surface area (Å²) < 4.78 is 6.96. The molecule has 7 aromatic carbocycles. The van der Waals surface area contributed by atoms with Gasteiger partial charge in [0.25, 0.3) is 0 Å². The van der Waals surface area contributed by atoms with E-state index in [1.54, 1.807) is 0 Å². The molecule has 0 N–H and O–H groups in total. The Balaban J connectivity index is 1.19. The Hall–Kier alpha value is -7.83. The molecule has 0 saturated heterocycles. The Kier molecular flexibility index (Phi) is 7.71. The lowest BCUT2D eigenvalue weighted by molar-refractivity contribution is 0.670. The molecule has 0 amide bonds. The highest BCUT2D eigenvalue weighted by molar-refractivity contribution is 6.14. The Morgan fingerprint density at radius 2 is 0.772 bits per heavy atom. The summed E-state index contributed by atoms with van der Waals surface area (Å²) in [5.74, 6) is 1.67. The van der Waals surface area contributed by atoms with Crippen molar-refractivity contribution < 1.29 is 4.42 Å². The van der Waals surface area contributed by atoms with Crippen molar-refractivity contribution in [3.8, 4) is 67.8 Å². The maximum Gasteiger partial charge on any atom is 0.167 e. The van der Waals surface area contributed by atoms with Gasteiger partial charge in [-0.2, -0.15) is 0 Å². The van der Waals surface area contributed by atoms with Gasteiger partial charge in [-0.25, -0.2) is 24.9 Å². The Bertz CT molecular complexity index is 3220. The molecule has 11 rings (SSSR count). The molecule has 6 heteroatoms. The SMILES string of the molecule is c1ccc(-c2ccc3ccc4ccc(-c5cc(-c6nc(-c7ccccc7)nc(-c7ccccc7)n6)c6oc7c(-c8ccccc8)cccc7c6c5)nc4c3n2)cc1. The zero-order valence-corrected chi connectivity index (χ0v) is 30.5. The van der Waals surface area contributed by atoms with Crippen molar-refractivity contribution in [2.75, 3.05) is 0 Å². The van der Waals surface area contributed by atoms with E-state index in [1.165, 1.54) is 0 Å². The summed E-state index contributed by atoms with van der Waals surface area (Å²) in [6, 6.07) is 63.9. The minimum Gasteiger partial charge on any atom is -0.455 e. The lowest BCUT2D eigenvalue weighted by Gasteiger charge is -2.11. The molecule has 0 radical (unpaired) electrons. The van der Waals surface area contributed by atoms with Crippen LogP contribution in [0.5, 0.6) is 0 Å². The van der Waals surface area contributed by atoms with Crippen LogP contribution in [0.3, 0.4) is 0 Å². The topological polar surface area (TPSA) is 77.6 Å². The predicted molar refractivity (Wildman–Crippen MR) is 230 cm³/mol. The van der Waals surface area contributed by atoms with Crippen molar-refractivity contribution in [1.29, 1.82) is 0 Å². The normalized spacial score (nSPS) is 11.5. The molecule has 11 aromatic rings. The predicted octanol–water partition coefficient (Wildman–Crippen LogP) is 12.9. The molecular formula is C51H31N5O. The largest absolute Gasteiger partial charge is 0.455 e. The van der Waals surface area contributed by atoms with Gasteiger partial charge in [-0.15, -0.1) is 0 Å². The van der Waals surface area contributed by atoms with Crippen molar-refractivity contribution in [2.45, 2.75) is 0 Å². The highest BCUT2D eigenvalue weighted by Crippen LogP contribution is 2.42. The van der Waals surface area contributed by atoms with Gasteiger partial charge in [0.15, 0.2) is 17.5 Å². The van der Waals surface area contributed by atoms with Gasteiger partial charge < -0.3 is 4.42 Å². The van der Waals surface area contributed by atoms with Crippen LogP contribution in [0.25, 0.3) is 112 Å². The van der Waals surface area contributed by atoms with E-state index in [1.807, 2.05) is 97.1 Å². The zero-order chi connectivity index (χ0) is 37.7. The van der Waals surface area contributed by atoms with E-state index in [9.17, 15) is 0 Å². The summed E-state index contributed by atoms with van der Waals surface area (Å²) in [4.78, 5) is 25.8. The van der Waals surface area contributed by atoms with Crippen molar-refractivity contribution in [1.82, 2.24) is 24.9 Å². The number of hydrogen-bond donors (Lipinski definition) is 0. The van der Waals surface area contributed by atoms with Crippen molar-refractivity contribution in [3.63, 3.8) is 0 Å². The number of rotatable bonds is 6. The van der Waals surface area contributed by atoms with Crippen LogP contribution < -0.4 is 0 Å².